The van der Waals surface area contributed by atoms with E-state index in [2.05, 4.69) is 0 Å². The maximum Gasteiger partial charge on any atom is 0.182 e. The molecule has 1 aromatic carbocycles. The third-order valence-corrected chi connectivity index (χ3v) is 2.08. The highest BCUT2D eigenvalue weighted by atomic mass is 19.1. The summed E-state index contributed by atoms with van der Waals surface area (Å²) in [5.74, 6) is -3.13. The van der Waals surface area contributed by atoms with Gasteiger partial charge in [0.2, 0.25) is 0 Å². The SMILES string of the molecule is CCC(C#N)C(=O)c1ccc(F)cc1F. The third kappa shape index (κ3) is 2.38. The van der Waals surface area contributed by atoms with Gasteiger partial charge < -0.3 is 0 Å². The standard InChI is InChI=1S/C11H9F2NO/c1-2-7(6-14)11(15)9-4-3-8(12)5-10(9)13/h3-5,7H,2H2,1H3. The second-order valence-electron chi connectivity index (χ2n) is 3.08. The summed E-state index contributed by atoms with van der Waals surface area (Å²) in [6.07, 6.45) is 0.312. The molecule has 0 N–H and O–H groups in total. The lowest BCUT2D eigenvalue weighted by molar-refractivity contribution is 0.0942. The van der Waals surface area contributed by atoms with Crippen molar-refractivity contribution in [2.24, 2.45) is 5.92 Å². The molecular formula is C11H9F2NO. The van der Waals surface area contributed by atoms with E-state index in [4.69, 9.17) is 5.26 Å². The molecule has 1 aromatic rings. The van der Waals surface area contributed by atoms with Crippen molar-refractivity contribution in [1.29, 1.82) is 5.26 Å². The van der Waals surface area contributed by atoms with Crippen LogP contribution in [-0.4, -0.2) is 5.78 Å². The van der Waals surface area contributed by atoms with E-state index in [1.54, 1.807) is 13.0 Å². The van der Waals surface area contributed by atoms with Gasteiger partial charge in [-0.25, -0.2) is 8.78 Å². The predicted molar refractivity (Wildman–Crippen MR) is 50.1 cm³/mol. The first-order chi connectivity index (χ1) is 7.10. The minimum atomic E-state index is -0.922. The molecule has 0 aliphatic carbocycles. The van der Waals surface area contributed by atoms with Crippen LogP contribution in [0.3, 0.4) is 0 Å². The molecule has 4 heteroatoms. The van der Waals surface area contributed by atoms with E-state index in [-0.39, 0.29) is 5.56 Å². The summed E-state index contributed by atoms with van der Waals surface area (Å²) in [7, 11) is 0. The Morgan fingerprint density at radius 3 is 2.67 bits per heavy atom. The predicted octanol–water partition coefficient (Wildman–Crippen LogP) is 2.70. The fraction of sp³-hybridized carbons (Fsp3) is 0.273. The van der Waals surface area contributed by atoms with Crippen molar-refractivity contribution in [2.45, 2.75) is 13.3 Å². The van der Waals surface area contributed by atoms with E-state index in [1.807, 2.05) is 0 Å². The minimum Gasteiger partial charge on any atom is -0.293 e. The highest BCUT2D eigenvalue weighted by molar-refractivity contribution is 5.99. The maximum absolute atomic E-state index is 13.2. The van der Waals surface area contributed by atoms with Crippen LogP contribution in [0.4, 0.5) is 8.78 Å². The highest BCUT2D eigenvalue weighted by Gasteiger charge is 2.20. The first-order valence-corrected chi connectivity index (χ1v) is 4.49. The minimum absolute atomic E-state index is 0.232. The van der Waals surface area contributed by atoms with Gasteiger partial charge in [0.1, 0.15) is 17.6 Å². The van der Waals surface area contributed by atoms with Gasteiger partial charge in [-0.1, -0.05) is 6.92 Å². The maximum atomic E-state index is 13.2. The molecule has 1 unspecified atom stereocenters. The van der Waals surface area contributed by atoms with Crippen molar-refractivity contribution in [1.82, 2.24) is 0 Å². The number of halogens is 2. The van der Waals surface area contributed by atoms with Crippen LogP contribution < -0.4 is 0 Å². The number of nitrogens with zero attached hydrogens (tertiary/aromatic N) is 1. The first kappa shape index (κ1) is 11.3. The zero-order chi connectivity index (χ0) is 11.4. The molecule has 0 bridgehead atoms. The number of Topliss-reactive ketones (excluding diaryl/α,β-unsaturated/α-hetero) is 1. The molecule has 0 amide bonds. The molecule has 0 spiro atoms. The van der Waals surface area contributed by atoms with Crippen LogP contribution in [0.15, 0.2) is 18.2 Å². The van der Waals surface area contributed by atoms with E-state index in [9.17, 15) is 13.6 Å². The van der Waals surface area contributed by atoms with Crippen molar-refractivity contribution >= 4 is 5.78 Å². The van der Waals surface area contributed by atoms with E-state index in [0.29, 0.717) is 12.5 Å². The van der Waals surface area contributed by atoms with Crippen molar-refractivity contribution in [3.63, 3.8) is 0 Å². The van der Waals surface area contributed by atoms with Crippen LogP contribution in [0.5, 0.6) is 0 Å². The summed E-state index contributed by atoms with van der Waals surface area (Å²) < 4.78 is 25.7. The van der Waals surface area contributed by atoms with Crippen molar-refractivity contribution in [3.8, 4) is 6.07 Å². The normalized spacial score (nSPS) is 11.9. The topological polar surface area (TPSA) is 40.9 Å². The van der Waals surface area contributed by atoms with Crippen LogP contribution in [0.2, 0.25) is 0 Å². The van der Waals surface area contributed by atoms with Crippen LogP contribution >= 0.6 is 0 Å². The Morgan fingerprint density at radius 1 is 1.53 bits per heavy atom. The van der Waals surface area contributed by atoms with Gasteiger partial charge in [-0.05, 0) is 18.6 Å². The van der Waals surface area contributed by atoms with E-state index < -0.39 is 23.3 Å². The first-order valence-electron chi connectivity index (χ1n) is 4.49. The van der Waals surface area contributed by atoms with E-state index in [0.717, 1.165) is 12.1 Å². The molecule has 0 saturated carbocycles. The molecule has 0 aromatic heterocycles. The van der Waals surface area contributed by atoms with Gasteiger partial charge in [-0.3, -0.25) is 4.79 Å². The van der Waals surface area contributed by atoms with Gasteiger partial charge in [0, 0.05) is 6.07 Å². The number of nitriles is 1. The number of carbonyl (C=O) groups is 1. The van der Waals surface area contributed by atoms with E-state index in [1.165, 1.54) is 0 Å². The Labute approximate surface area is 86.1 Å². The monoisotopic (exact) mass is 209 g/mol. The highest BCUT2D eigenvalue weighted by Crippen LogP contribution is 2.16. The summed E-state index contributed by atoms with van der Waals surface area (Å²) >= 11 is 0. The molecule has 0 aliphatic heterocycles. The molecule has 0 saturated heterocycles. The Kier molecular flexibility index (Phi) is 3.51. The second-order valence-corrected chi connectivity index (χ2v) is 3.08. The molecule has 15 heavy (non-hydrogen) atoms. The number of rotatable bonds is 3. The van der Waals surface area contributed by atoms with Crippen LogP contribution in [-0.2, 0) is 0 Å². The summed E-state index contributed by atoms with van der Waals surface area (Å²) in [6.45, 7) is 1.66. The molecular weight excluding hydrogens is 200 g/mol. The zero-order valence-electron chi connectivity index (χ0n) is 8.13. The Bertz CT molecular complexity index is 423. The van der Waals surface area contributed by atoms with Gasteiger partial charge in [0.15, 0.2) is 5.78 Å². The summed E-state index contributed by atoms with van der Waals surface area (Å²) in [5.41, 5.74) is -0.232. The molecule has 1 atom stereocenters. The average Bonchev–Trinajstić information content (AvgIpc) is 2.19. The Morgan fingerprint density at radius 2 is 2.20 bits per heavy atom. The smallest absolute Gasteiger partial charge is 0.182 e. The van der Waals surface area contributed by atoms with Gasteiger partial charge in [0.05, 0.1) is 11.6 Å². The Balaban J connectivity index is 3.07. The van der Waals surface area contributed by atoms with Gasteiger partial charge in [-0.2, -0.15) is 5.26 Å². The third-order valence-electron chi connectivity index (χ3n) is 2.08. The van der Waals surface area contributed by atoms with Crippen LogP contribution in [0, 0.1) is 28.9 Å². The Hall–Kier alpha value is -1.76. The van der Waals surface area contributed by atoms with Crippen molar-refractivity contribution in [3.05, 3.63) is 35.4 Å². The summed E-state index contributed by atoms with van der Waals surface area (Å²) in [4.78, 5) is 11.6. The second kappa shape index (κ2) is 4.65. The van der Waals surface area contributed by atoms with Gasteiger partial charge in [-0.15, -0.1) is 0 Å². The number of carbonyl (C=O) groups excluding carboxylic acids is 1. The molecule has 0 heterocycles. The number of benzene rings is 1. The zero-order valence-corrected chi connectivity index (χ0v) is 8.13. The average molecular weight is 209 g/mol. The van der Waals surface area contributed by atoms with Crippen molar-refractivity contribution < 1.29 is 13.6 Å². The van der Waals surface area contributed by atoms with Crippen molar-refractivity contribution in [2.75, 3.05) is 0 Å². The lowest BCUT2D eigenvalue weighted by atomic mass is 9.96. The lowest BCUT2D eigenvalue weighted by Crippen LogP contribution is -2.13. The number of ketones is 1. The molecule has 78 valence electrons. The summed E-state index contributed by atoms with van der Waals surface area (Å²) in [5, 5.41) is 8.64. The summed E-state index contributed by atoms with van der Waals surface area (Å²) in [6, 6.07) is 4.48. The molecule has 0 radical (unpaired) electrons. The fourth-order valence-corrected chi connectivity index (χ4v) is 1.21. The van der Waals surface area contributed by atoms with Crippen LogP contribution in [0.1, 0.15) is 23.7 Å². The van der Waals surface area contributed by atoms with Crippen LogP contribution in [0.25, 0.3) is 0 Å². The molecule has 0 fully saturated rings. The van der Waals surface area contributed by atoms with Gasteiger partial charge >= 0.3 is 0 Å². The van der Waals surface area contributed by atoms with E-state index >= 15 is 0 Å². The number of hydrogen-bond donors (Lipinski definition) is 0. The molecule has 1 rings (SSSR count). The largest absolute Gasteiger partial charge is 0.293 e. The lowest BCUT2D eigenvalue weighted by Gasteiger charge is -2.05. The van der Waals surface area contributed by atoms with Gasteiger partial charge in [0.25, 0.3) is 0 Å². The quantitative estimate of drug-likeness (QED) is 0.718. The molecule has 0 aliphatic rings. The molecule has 2 nitrogen and oxygen atoms in total. The fourth-order valence-electron chi connectivity index (χ4n) is 1.21. The number of hydrogen-bond acceptors (Lipinski definition) is 2.